The minimum atomic E-state index is -0.978. The highest BCUT2D eigenvalue weighted by atomic mass is 16.5. The van der Waals surface area contributed by atoms with E-state index in [9.17, 15) is 15.3 Å². The van der Waals surface area contributed by atoms with Crippen LogP contribution in [0.4, 0.5) is 0 Å². The molecule has 0 saturated carbocycles. The van der Waals surface area contributed by atoms with Gasteiger partial charge in [0.25, 0.3) is 0 Å². The predicted molar refractivity (Wildman–Crippen MR) is 80.2 cm³/mol. The maximum absolute atomic E-state index is 12.7. The van der Waals surface area contributed by atoms with Gasteiger partial charge in [0.15, 0.2) is 5.78 Å². The molecule has 116 valence electrons. The number of hydrogen-bond acceptors (Lipinski definition) is 7. The SMILES string of the molecule is N#CC1=C(OCCO)N[C@@H](N)C(C#N)=C1C(=O)c1ccccc1. The predicted octanol–water partition coefficient (Wildman–Crippen LogP) is 0.322. The first-order chi connectivity index (χ1) is 11.1. The third-order valence-corrected chi connectivity index (χ3v) is 3.18. The topological polar surface area (TPSA) is 132 Å². The summed E-state index contributed by atoms with van der Waals surface area (Å²) in [6, 6.07) is 12.0. The maximum atomic E-state index is 12.7. The van der Waals surface area contributed by atoms with Crippen molar-refractivity contribution < 1.29 is 14.6 Å². The number of aliphatic hydroxyl groups is 1. The fourth-order valence-corrected chi connectivity index (χ4v) is 2.15. The van der Waals surface area contributed by atoms with Crippen LogP contribution in [0, 0.1) is 22.7 Å². The van der Waals surface area contributed by atoms with Crippen LogP contribution in [0.15, 0.2) is 52.9 Å². The number of nitrogens with two attached hydrogens (primary N) is 1. The number of ether oxygens (including phenoxy) is 1. The Morgan fingerprint density at radius 3 is 2.57 bits per heavy atom. The number of aliphatic hydroxyl groups excluding tert-OH is 1. The van der Waals surface area contributed by atoms with Gasteiger partial charge in [-0.25, -0.2) is 0 Å². The summed E-state index contributed by atoms with van der Waals surface area (Å²) in [6.07, 6.45) is -0.978. The standard InChI is InChI=1S/C16H14N4O3/c17-8-11-13(14(22)10-4-2-1-3-5-10)12(9-18)16(20-15(11)19)23-7-6-21/h1-5,15,20-21H,6-7,19H2/t15-/m1/s1. The zero-order chi connectivity index (χ0) is 16.8. The van der Waals surface area contributed by atoms with E-state index >= 15 is 0 Å². The van der Waals surface area contributed by atoms with E-state index in [2.05, 4.69) is 5.32 Å². The summed E-state index contributed by atoms with van der Waals surface area (Å²) < 4.78 is 5.24. The molecule has 1 atom stereocenters. The smallest absolute Gasteiger partial charge is 0.207 e. The fourth-order valence-electron chi connectivity index (χ4n) is 2.15. The Morgan fingerprint density at radius 1 is 1.30 bits per heavy atom. The first kappa shape index (κ1) is 16.2. The normalized spacial score (nSPS) is 17.1. The largest absolute Gasteiger partial charge is 0.476 e. The lowest BCUT2D eigenvalue weighted by Crippen LogP contribution is -2.44. The number of carbonyl (C=O) groups is 1. The quantitative estimate of drug-likeness (QED) is 0.667. The third kappa shape index (κ3) is 3.22. The molecule has 23 heavy (non-hydrogen) atoms. The summed E-state index contributed by atoms with van der Waals surface area (Å²) in [6.45, 7) is -0.342. The van der Waals surface area contributed by atoms with E-state index in [0.29, 0.717) is 5.56 Å². The number of nitrogens with one attached hydrogen (secondary N) is 1. The van der Waals surface area contributed by atoms with Crippen molar-refractivity contribution in [2.75, 3.05) is 13.2 Å². The zero-order valence-electron chi connectivity index (χ0n) is 12.1. The number of ketones is 1. The lowest BCUT2D eigenvalue weighted by molar-refractivity contribution is 0.102. The second-order valence-corrected chi connectivity index (χ2v) is 4.61. The van der Waals surface area contributed by atoms with Crippen molar-refractivity contribution >= 4 is 5.78 Å². The van der Waals surface area contributed by atoms with Crippen molar-refractivity contribution in [2.24, 2.45) is 5.73 Å². The van der Waals surface area contributed by atoms with Crippen LogP contribution in [0.5, 0.6) is 0 Å². The molecule has 7 heteroatoms. The van der Waals surface area contributed by atoms with Crippen LogP contribution < -0.4 is 11.1 Å². The number of hydrogen-bond donors (Lipinski definition) is 3. The van der Waals surface area contributed by atoms with E-state index in [1.165, 1.54) is 0 Å². The fraction of sp³-hybridized carbons (Fsp3) is 0.188. The molecule has 0 unspecified atom stereocenters. The van der Waals surface area contributed by atoms with Gasteiger partial charge in [-0.3, -0.25) is 4.79 Å². The molecule has 1 aromatic carbocycles. The van der Waals surface area contributed by atoms with Crippen LogP contribution in [0.1, 0.15) is 10.4 Å². The van der Waals surface area contributed by atoms with E-state index < -0.39 is 11.9 Å². The van der Waals surface area contributed by atoms with E-state index in [1.807, 2.05) is 12.1 Å². The molecule has 7 nitrogen and oxygen atoms in total. The Morgan fingerprint density at radius 2 is 2.00 bits per heavy atom. The summed E-state index contributed by atoms with van der Waals surface area (Å²) in [5.41, 5.74) is 5.95. The van der Waals surface area contributed by atoms with Gasteiger partial charge in [-0.2, -0.15) is 10.5 Å². The molecular weight excluding hydrogens is 296 g/mol. The lowest BCUT2D eigenvalue weighted by atomic mass is 9.90. The van der Waals surface area contributed by atoms with Crippen molar-refractivity contribution in [1.29, 1.82) is 10.5 Å². The number of dihydropyridines is 1. The molecule has 2 rings (SSSR count). The van der Waals surface area contributed by atoms with Crippen molar-refractivity contribution in [1.82, 2.24) is 5.32 Å². The van der Waals surface area contributed by atoms with Gasteiger partial charge < -0.3 is 20.9 Å². The Bertz CT molecular complexity index is 754. The molecule has 0 aliphatic carbocycles. The summed E-state index contributed by atoms with van der Waals surface area (Å²) in [5, 5.41) is 30.2. The summed E-state index contributed by atoms with van der Waals surface area (Å²) in [5.74, 6) is -0.506. The third-order valence-electron chi connectivity index (χ3n) is 3.18. The Kier molecular flexibility index (Phi) is 5.11. The Balaban J connectivity index is 2.58. The van der Waals surface area contributed by atoms with Gasteiger partial charge in [0.1, 0.15) is 24.4 Å². The molecule has 1 aliphatic rings. The number of rotatable bonds is 5. The van der Waals surface area contributed by atoms with Crippen LogP contribution >= 0.6 is 0 Å². The highest BCUT2D eigenvalue weighted by Gasteiger charge is 2.32. The van der Waals surface area contributed by atoms with Gasteiger partial charge in [-0.1, -0.05) is 30.3 Å². The number of Topliss-reactive ketones (excluding diaryl/α,β-unsaturated/α-hetero) is 1. The van der Waals surface area contributed by atoms with Gasteiger partial charge in [-0.05, 0) is 0 Å². The second-order valence-electron chi connectivity index (χ2n) is 4.61. The molecule has 0 amide bonds. The number of nitriles is 2. The number of carbonyl (C=O) groups excluding carboxylic acids is 1. The number of allylic oxidation sites excluding steroid dienone is 2. The van der Waals surface area contributed by atoms with Crippen molar-refractivity contribution in [2.45, 2.75) is 6.17 Å². The molecular formula is C16H14N4O3. The summed E-state index contributed by atoms with van der Waals surface area (Å²) in [7, 11) is 0. The second kappa shape index (κ2) is 7.23. The van der Waals surface area contributed by atoms with Crippen LogP contribution in [-0.4, -0.2) is 30.3 Å². The van der Waals surface area contributed by atoms with Gasteiger partial charge in [0, 0.05) is 5.56 Å². The van der Waals surface area contributed by atoms with Gasteiger partial charge in [0.05, 0.1) is 23.8 Å². The molecule has 1 aromatic rings. The van der Waals surface area contributed by atoms with E-state index in [4.69, 9.17) is 15.6 Å². The van der Waals surface area contributed by atoms with Crippen LogP contribution in [-0.2, 0) is 4.74 Å². The van der Waals surface area contributed by atoms with Crippen LogP contribution in [0.2, 0.25) is 0 Å². The molecule has 0 radical (unpaired) electrons. The summed E-state index contributed by atoms with van der Waals surface area (Å²) in [4.78, 5) is 12.7. The molecule has 0 spiro atoms. The Hall–Kier alpha value is -3.13. The first-order valence-corrected chi connectivity index (χ1v) is 6.78. The number of nitrogens with zero attached hydrogens (tertiary/aromatic N) is 2. The van der Waals surface area contributed by atoms with E-state index in [-0.39, 0.29) is 35.8 Å². The Labute approximate surface area is 132 Å². The van der Waals surface area contributed by atoms with E-state index in [0.717, 1.165) is 0 Å². The van der Waals surface area contributed by atoms with Crippen molar-refractivity contribution in [3.63, 3.8) is 0 Å². The van der Waals surface area contributed by atoms with E-state index in [1.54, 1.807) is 30.3 Å². The molecule has 1 heterocycles. The highest BCUT2D eigenvalue weighted by Crippen LogP contribution is 2.27. The van der Waals surface area contributed by atoms with Gasteiger partial charge in [-0.15, -0.1) is 0 Å². The number of benzene rings is 1. The molecule has 4 N–H and O–H groups in total. The van der Waals surface area contributed by atoms with Crippen LogP contribution in [0.25, 0.3) is 0 Å². The molecule has 0 aromatic heterocycles. The molecule has 1 aliphatic heterocycles. The highest BCUT2D eigenvalue weighted by molar-refractivity contribution is 6.13. The minimum Gasteiger partial charge on any atom is -0.476 e. The van der Waals surface area contributed by atoms with Gasteiger partial charge >= 0.3 is 0 Å². The molecule has 0 saturated heterocycles. The summed E-state index contributed by atoms with van der Waals surface area (Å²) >= 11 is 0. The maximum Gasteiger partial charge on any atom is 0.207 e. The van der Waals surface area contributed by atoms with Crippen molar-refractivity contribution in [3.05, 3.63) is 58.5 Å². The monoisotopic (exact) mass is 310 g/mol. The van der Waals surface area contributed by atoms with Crippen LogP contribution in [0.3, 0.4) is 0 Å². The molecule has 0 bridgehead atoms. The average molecular weight is 310 g/mol. The molecule has 0 fully saturated rings. The lowest BCUT2D eigenvalue weighted by Gasteiger charge is -2.25. The minimum absolute atomic E-state index is 0.0210. The first-order valence-electron chi connectivity index (χ1n) is 6.78. The van der Waals surface area contributed by atoms with Crippen molar-refractivity contribution in [3.8, 4) is 12.1 Å². The zero-order valence-corrected chi connectivity index (χ0v) is 12.1. The van der Waals surface area contributed by atoms with Gasteiger partial charge in [0.2, 0.25) is 5.88 Å². The average Bonchev–Trinajstić information content (AvgIpc) is 2.59.